The number of nitrogens with zero attached hydrogens (tertiary/aromatic N) is 2. The summed E-state index contributed by atoms with van der Waals surface area (Å²) in [4.78, 5) is 8.73. The van der Waals surface area contributed by atoms with Gasteiger partial charge in [0, 0.05) is 12.7 Å². The van der Waals surface area contributed by atoms with Crippen LogP contribution in [0, 0.1) is 0 Å². The van der Waals surface area contributed by atoms with Crippen molar-refractivity contribution < 1.29 is 4.74 Å². The van der Waals surface area contributed by atoms with Gasteiger partial charge in [-0.15, -0.1) is 0 Å². The lowest BCUT2D eigenvalue weighted by molar-refractivity contribution is 0.0114. The van der Waals surface area contributed by atoms with Gasteiger partial charge in [0.05, 0.1) is 0 Å². The predicted octanol–water partition coefficient (Wildman–Crippen LogP) is 4.32. The minimum Gasteiger partial charge on any atom is -0.371 e. The number of hydrogen-bond donors (Lipinski definition) is 0. The Kier molecular flexibility index (Phi) is 4.15. The molecule has 0 radical (unpaired) electrons. The van der Waals surface area contributed by atoms with Crippen LogP contribution in [0.2, 0.25) is 10.3 Å². The number of methoxy groups -OCH3 is 1. The van der Waals surface area contributed by atoms with Gasteiger partial charge in [-0.2, -0.15) is 0 Å². The molecule has 2 rings (SSSR count). The minimum atomic E-state index is -0.582. The Morgan fingerprint density at radius 1 is 1.11 bits per heavy atom. The first-order valence-electron chi connectivity index (χ1n) is 6.24. The van der Waals surface area contributed by atoms with E-state index in [1.807, 2.05) is 13.8 Å². The van der Waals surface area contributed by atoms with E-state index in [1.54, 1.807) is 7.11 Å². The van der Waals surface area contributed by atoms with Crippen LogP contribution in [0.1, 0.15) is 56.8 Å². The Morgan fingerprint density at radius 2 is 1.61 bits per heavy atom. The third kappa shape index (κ3) is 2.63. The Balaban J connectivity index is 2.40. The van der Waals surface area contributed by atoms with Gasteiger partial charge >= 0.3 is 0 Å². The van der Waals surface area contributed by atoms with Gasteiger partial charge in [-0.25, -0.2) is 9.97 Å². The molecule has 0 saturated heterocycles. The van der Waals surface area contributed by atoms with E-state index in [2.05, 4.69) is 9.97 Å². The second-order valence-corrected chi connectivity index (χ2v) is 5.95. The topological polar surface area (TPSA) is 35.0 Å². The van der Waals surface area contributed by atoms with Crippen molar-refractivity contribution in [2.75, 3.05) is 7.11 Å². The highest BCUT2D eigenvalue weighted by Crippen LogP contribution is 2.40. The maximum absolute atomic E-state index is 6.29. The van der Waals surface area contributed by atoms with Gasteiger partial charge in [0.2, 0.25) is 0 Å². The molecule has 18 heavy (non-hydrogen) atoms. The highest BCUT2D eigenvalue weighted by atomic mass is 35.5. The lowest BCUT2D eigenvalue weighted by Crippen LogP contribution is -2.23. The Hall–Kier alpha value is -0.380. The van der Waals surface area contributed by atoms with E-state index >= 15 is 0 Å². The van der Waals surface area contributed by atoms with Crippen LogP contribution in [0.4, 0.5) is 0 Å². The zero-order valence-corrected chi connectivity index (χ0v) is 12.5. The van der Waals surface area contributed by atoms with Crippen molar-refractivity contribution in [3.05, 3.63) is 21.7 Å². The monoisotopic (exact) mass is 288 g/mol. The maximum Gasteiger partial charge on any atom is 0.163 e. The zero-order valence-electron chi connectivity index (χ0n) is 11.0. The summed E-state index contributed by atoms with van der Waals surface area (Å²) in [6.45, 7) is 3.79. The summed E-state index contributed by atoms with van der Waals surface area (Å²) in [7, 11) is 1.62. The number of rotatable bonds is 3. The largest absolute Gasteiger partial charge is 0.371 e. The number of ether oxygens (including phenoxy) is 1. The fraction of sp³-hybridized carbons (Fsp3) is 0.692. The van der Waals surface area contributed by atoms with E-state index in [1.165, 1.54) is 12.8 Å². The lowest BCUT2D eigenvalue weighted by Gasteiger charge is -2.23. The van der Waals surface area contributed by atoms with Crippen molar-refractivity contribution in [2.24, 2.45) is 0 Å². The molecule has 0 atom stereocenters. The molecule has 0 aliphatic heterocycles. The normalized spacial score (nSPS) is 17.4. The second-order valence-electron chi connectivity index (χ2n) is 5.24. The van der Waals surface area contributed by atoms with Crippen molar-refractivity contribution >= 4 is 23.2 Å². The van der Waals surface area contributed by atoms with E-state index in [-0.39, 0.29) is 0 Å². The molecule has 1 saturated carbocycles. The van der Waals surface area contributed by atoms with E-state index < -0.39 is 5.60 Å². The maximum atomic E-state index is 6.29. The first-order valence-corrected chi connectivity index (χ1v) is 7.00. The molecule has 5 heteroatoms. The summed E-state index contributed by atoms with van der Waals surface area (Å²) >= 11 is 12.6. The summed E-state index contributed by atoms with van der Waals surface area (Å²) in [5.41, 5.74) is 0.327. The molecule has 3 nitrogen and oxygen atoms in total. The molecule has 1 aromatic heterocycles. The van der Waals surface area contributed by atoms with Gasteiger partial charge in [-0.3, -0.25) is 0 Å². The molecule has 0 unspecified atom stereocenters. The summed E-state index contributed by atoms with van der Waals surface area (Å²) in [5.74, 6) is 0.937. The van der Waals surface area contributed by atoms with Gasteiger partial charge in [-0.1, -0.05) is 36.0 Å². The molecular weight excluding hydrogens is 271 g/mol. The molecule has 0 bridgehead atoms. The van der Waals surface area contributed by atoms with Gasteiger partial charge in [-0.05, 0) is 32.6 Å². The van der Waals surface area contributed by atoms with E-state index in [4.69, 9.17) is 27.9 Å². The first kappa shape index (κ1) is 14.0. The van der Waals surface area contributed by atoms with Crippen molar-refractivity contribution in [3.63, 3.8) is 0 Å². The fourth-order valence-electron chi connectivity index (χ4n) is 2.33. The van der Waals surface area contributed by atoms with Gasteiger partial charge in [0.1, 0.15) is 15.9 Å². The standard InChI is InChI=1S/C13H18Cl2N2O/c1-13(2,18-3)12-16-10(14)9(11(15)17-12)8-6-4-5-7-8/h8H,4-7H2,1-3H3. The number of hydrogen-bond acceptors (Lipinski definition) is 3. The van der Waals surface area contributed by atoms with E-state index in [0.29, 0.717) is 22.0 Å². The van der Waals surface area contributed by atoms with Crippen molar-refractivity contribution in [3.8, 4) is 0 Å². The molecule has 1 heterocycles. The van der Waals surface area contributed by atoms with Gasteiger partial charge in [0.25, 0.3) is 0 Å². The molecule has 0 aromatic carbocycles. The van der Waals surface area contributed by atoms with Crippen molar-refractivity contribution in [1.82, 2.24) is 9.97 Å². The molecule has 0 amide bonds. The van der Waals surface area contributed by atoms with Crippen LogP contribution in [-0.4, -0.2) is 17.1 Å². The summed E-state index contributed by atoms with van der Waals surface area (Å²) < 4.78 is 5.36. The van der Waals surface area contributed by atoms with Crippen LogP contribution in [0.3, 0.4) is 0 Å². The highest BCUT2D eigenvalue weighted by molar-refractivity contribution is 6.34. The summed E-state index contributed by atoms with van der Waals surface area (Å²) in [6, 6.07) is 0. The van der Waals surface area contributed by atoms with Crippen molar-refractivity contribution in [1.29, 1.82) is 0 Å². The first-order chi connectivity index (χ1) is 8.45. The van der Waals surface area contributed by atoms with Crippen LogP contribution in [0.25, 0.3) is 0 Å². The quantitative estimate of drug-likeness (QED) is 0.777. The summed E-state index contributed by atoms with van der Waals surface area (Å²) in [5, 5.41) is 0.948. The molecule has 0 N–H and O–H groups in total. The molecule has 100 valence electrons. The van der Waals surface area contributed by atoms with Crippen LogP contribution >= 0.6 is 23.2 Å². The zero-order chi connectivity index (χ0) is 13.3. The van der Waals surface area contributed by atoms with Crippen LogP contribution < -0.4 is 0 Å². The molecule has 0 spiro atoms. The molecular formula is C13H18Cl2N2O. The predicted molar refractivity (Wildman–Crippen MR) is 73.3 cm³/mol. The Labute approximate surface area is 118 Å². The van der Waals surface area contributed by atoms with Gasteiger partial charge in [0.15, 0.2) is 5.82 Å². The van der Waals surface area contributed by atoms with Crippen LogP contribution in [0.15, 0.2) is 0 Å². The molecule has 1 fully saturated rings. The fourth-order valence-corrected chi connectivity index (χ4v) is 3.02. The third-order valence-electron chi connectivity index (χ3n) is 3.66. The molecule has 1 aromatic rings. The SMILES string of the molecule is COC(C)(C)c1nc(Cl)c(C2CCCC2)c(Cl)n1. The Morgan fingerprint density at radius 3 is 2.06 bits per heavy atom. The highest BCUT2D eigenvalue weighted by Gasteiger charge is 2.29. The summed E-state index contributed by atoms with van der Waals surface area (Å²) in [6.07, 6.45) is 4.69. The van der Waals surface area contributed by atoms with Crippen LogP contribution in [0.5, 0.6) is 0 Å². The van der Waals surface area contributed by atoms with Crippen LogP contribution in [-0.2, 0) is 10.3 Å². The Bertz CT molecular complexity index is 420. The second kappa shape index (κ2) is 5.32. The number of halogens is 2. The number of aromatic nitrogens is 2. The lowest BCUT2D eigenvalue weighted by atomic mass is 10.0. The van der Waals surface area contributed by atoms with E-state index in [0.717, 1.165) is 18.4 Å². The third-order valence-corrected chi connectivity index (χ3v) is 4.24. The molecule has 1 aliphatic carbocycles. The molecule has 1 aliphatic rings. The average molecular weight is 289 g/mol. The smallest absolute Gasteiger partial charge is 0.163 e. The minimum absolute atomic E-state index is 0.407. The average Bonchev–Trinajstić information content (AvgIpc) is 2.81. The van der Waals surface area contributed by atoms with E-state index in [9.17, 15) is 0 Å². The van der Waals surface area contributed by atoms with Crippen molar-refractivity contribution in [2.45, 2.75) is 51.0 Å². The van der Waals surface area contributed by atoms with Gasteiger partial charge < -0.3 is 4.74 Å².